The second-order valence-corrected chi connectivity index (χ2v) is 5.72. The Balaban J connectivity index is 2.16. The van der Waals surface area contributed by atoms with Gasteiger partial charge >= 0.3 is 0 Å². The van der Waals surface area contributed by atoms with Gasteiger partial charge in [-0.05, 0) is 32.9 Å². The molecule has 4 heteroatoms. The van der Waals surface area contributed by atoms with Crippen LogP contribution < -0.4 is 10.1 Å². The Bertz CT molecular complexity index is 559. The van der Waals surface area contributed by atoms with E-state index in [1.54, 1.807) is 7.11 Å². The van der Waals surface area contributed by atoms with Gasteiger partial charge in [0.05, 0.1) is 12.7 Å². The summed E-state index contributed by atoms with van der Waals surface area (Å²) in [4.78, 5) is 8.85. The second-order valence-electron chi connectivity index (χ2n) is 5.72. The van der Waals surface area contributed by atoms with Gasteiger partial charge in [0.15, 0.2) is 5.82 Å². The van der Waals surface area contributed by atoms with E-state index in [9.17, 15) is 0 Å². The molecule has 0 saturated heterocycles. The molecular weight excluding hydrogens is 250 g/mol. The van der Waals surface area contributed by atoms with Gasteiger partial charge in [-0.25, -0.2) is 9.97 Å². The van der Waals surface area contributed by atoms with Gasteiger partial charge in [-0.15, -0.1) is 0 Å². The zero-order valence-corrected chi connectivity index (χ0v) is 12.5. The predicted molar refractivity (Wildman–Crippen MR) is 80.6 cm³/mol. The summed E-state index contributed by atoms with van der Waals surface area (Å²) in [6.45, 7) is 7.17. The number of aromatic nitrogens is 2. The van der Waals surface area contributed by atoms with Crippen molar-refractivity contribution in [1.29, 1.82) is 0 Å². The van der Waals surface area contributed by atoms with Crippen molar-refractivity contribution in [1.82, 2.24) is 15.3 Å². The van der Waals surface area contributed by atoms with Crippen LogP contribution in [0.1, 0.15) is 26.3 Å². The van der Waals surface area contributed by atoms with Crippen LogP contribution in [0.25, 0.3) is 11.4 Å². The molecule has 106 valence electrons. The SMILES string of the molecule is COc1ccccc1-c1ncc(CNC(C)(C)C)cn1. The normalized spacial score (nSPS) is 11.4. The van der Waals surface area contributed by atoms with Crippen LogP contribution in [-0.2, 0) is 6.54 Å². The number of ether oxygens (including phenoxy) is 1. The van der Waals surface area contributed by atoms with E-state index in [2.05, 4.69) is 36.1 Å². The van der Waals surface area contributed by atoms with E-state index >= 15 is 0 Å². The monoisotopic (exact) mass is 271 g/mol. The van der Waals surface area contributed by atoms with E-state index in [0.717, 1.165) is 23.4 Å². The van der Waals surface area contributed by atoms with Crippen molar-refractivity contribution in [2.24, 2.45) is 0 Å². The molecule has 2 rings (SSSR count). The molecule has 0 radical (unpaired) electrons. The highest BCUT2D eigenvalue weighted by Gasteiger charge is 2.10. The molecule has 1 aromatic heterocycles. The number of hydrogen-bond donors (Lipinski definition) is 1. The van der Waals surface area contributed by atoms with E-state index in [4.69, 9.17) is 4.74 Å². The fourth-order valence-corrected chi connectivity index (χ4v) is 1.78. The lowest BCUT2D eigenvalue weighted by Crippen LogP contribution is -2.35. The molecule has 0 aliphatic heterocycles. The van der Waals surface area contributed by atoms with Crippen LogP contribution in [0.4, 0.5) is 0 Å². The summed E-state index contributed by atoms with van der Waals surface area (Å²) in [5, 5.41) is 3.42. The molecule has 4 nitrogen and oxygen atoms in total. The molecular formula is C16H21N3O. The van der Waals surface area contributed by atoms with Crippen LogP contribution in [0.15, 0.2) is 36.7 Å². The summed E-state index contributed by atoms with van der Waals surface area (Å²) in [6, 6.07) is 7.76. The number of rotatable bonds is 4. The summed E-state index contributed by atoms with van der Waals surface area (Å²) in [6.07, 6.45) is 3.71. The van der Waals surface area contributed by atoms with E-state index in [0.29, 0.717) is 5.82 Å². The van der Waals surface area contributed by atoms with Gasteiger partial charge in [0.2, 0.25) is 0 Å². The molecule has 0 aliphatic rings. The van der Waals surface area contributed by atoms with Crippen molar-refractivity contribution in [3.63, 3.8) is 0 Å². The van der Waals surface area contributed by atoms with Gasteiger partial charge < -0.3 is 10.1 Å². The van der Waals surface area contributed by atoms with Crippen molar-refractivity contribution in [3.8, 4) is 17.1 Å². The summed E-state index contributed by atoms with van der Waals surface area (Å²) in [7, 11) is 1.65. The van der Waals surface area contributed by atoms with Gasteiger partial charge in [-0.2, -0.15) is 0 Å². The predicted octanol–water partition coefficient (Wildman–Crippen LogP) is 3.04. The zero-order chi connectivity index (χ0) is 14.6. The fraction of sp³-hybridized carbons (Fsp3) is 0.375. The third kappa shape index (κ3) is 3.78. The van der Waals surface area contributed by atoms with E-state index in [-0.39, 0.29) is 5.54 Å². The number of nitrogens with zero attached hydrogens (tertiary/aromatic N) is 2. The fourth-order valence-electron chi connectivity index (χ4n) is 1.78. The average molecular weight is 271 g/mol. The van der Waals surface area contributed by atoms with Crippen LogP contribution in [0.5, 0.6) is 5.75 Å². The number of nitrogens with one attached hydrogen (secondary N) is 1. The van der Waals surface area contributed by atoms with Gasteiger partial charge in [-0.3, -0.25) is 0 Å². The van der Waals surface area contributed by atoms with E-state index in [1.165, 1.54) is 0 Å². The summed E-state index contributed by atoms with van der Waals surface area (Å²) in [5.41, 5.74) is 2.06. The molecule has 1 heterocycles. The van der Waals surface area contributed by atoms with E-state index < -0.39 is 0 Å². The molecule has 0 aliphatic carbocycles. The largest absolute Gasteiger partial charge is 0.496 e. The highest BCUT2D eigenvalue weighted by Crippen LogP contribution is 2.26. The van der Waals surface area contributed by atoms with Gasteiger partial charge in [0.25, 0.3) is 0 Å². The molecule has 0 bridgehead atoms. The average Bonchev–Trinajstić information content (AvgIpc) is 2.45. The molecule has 0 atom stereocenters. The first kappa shape index (κ1) is 14.5. The smallest absolute Gasteiger partial charge is 0.162 e. The first-order valence-corrected chi connectivity index (χ1v) is 6.69. The van der Waals surface area contributed by atoms with Crippen molar-refractivity contribution in [2.45, 2.75) is 32.9 Å². The Hall–Kier alpha value is -1.94. The number of hydrogen-bond acceptors (Lipinski definition) is 4. The van der Waals surface area contributed by atoms with Gasteiger partial charge in [-0.1, -0.05) is 12.1 Å². The van der Waals surface area contributed by atoms with Crippen LogP contribution >= 0.6 is 0 Å². The Labute approximate surface area is 120 Å². The van der Waals surface area contributed by atoms with Crippen molar-refractivity contribution < 1.29 is 4.74 Å². The second kappa shape index (κ2) is 6.01. The lowest BCUT2D eigenvalue weighted by molar-refractivity contribution is 0.416. The van der Waals surface area contributed by atoms with Crippen LogP contribution in [0.3, 0.4) is 0 Å². The minimum Gasteiger partial charge on any atom is -0.496 e. The molecule has 0 spiro atoms. The highest BCUT2D eigenvalue weighted by molar-refractivity contribution is 5.63. The molecule has 1 aromatic carbocycles. The van der Waals surface area contributed by atoms with Crippen molar-refractivity contribution in [3.05, 3.63) is 42.2 Å². The molecule has 0 amide bonds. The third-order valence-corrected chi connectivity index (χ3v) is 2.88. The van der Waals surface area contributed by atoms with E-state index in [1.807, 2.05) is 36.7 Å². The molecule has 20 heavy (non-hydrogen) atoms. The Morgan fingerprint density at radius 2 is 1.75 bits per heavy atom. The zero-order valence-electron chi connectivity index (χ0n) is 12.5. The van der Waals surface area contributed by atoms with Crippen molar-refractivity contribution in [2.75, 3.05) is 7.11 Å². The minimum atomic E-state index is 0.0846. The maximum Gasteiger partial charge on any atom is 0.162 e. The molecule has 1 N–H and O–H groups in total. The first-order valence-electron chi connectivity index (χ1n) is 6.69. The molecule has 2 aromatic rings. The Morgan fingerprint density at radius 3 is 2.35 bits per heavy atom. The minimum absolute atomic E-state index is 0.0846. The molecule has 0 unspecified atom stereocenters. The molecule has 0 saturated carbocycles. The number of para-hydroxylation sites is 1. The standard InChI is InChI=1S/C16H21N3O/c1-16(2,3)19-11-12-9-17-15(18-10-12)13-7-5-6-8-14(13)20-4/h5-10,19H,11H2,1-4H3. The highest BCUT2D eigenvalue weighted by atomic mass is 16.5. The number of methoxy groups -OCH3 is 1. The van der Waals surface area contributed by atoms with Gasteiger partial charge in [0.1, 0.15) is 5.75 Å². The van der Waals surface area contributed by atoms with Gasteiger partial charge in [0, 0.05) is 30.0 Å². The first-order chi connectivity index (χ1) is 9.49. The Kier molecular flexibility index (Phi) is 4.35. The van der Waals surface area contributed by atoms with Crippen LogP contribution in [-0.4, -0.2) is 22.6 Å². The molecule has 0 fully saturated rings. The maximum atomic E-state index is 5.33. The van der Waals surface area contributed by atoms with Crippen LogP contribution in [0.2, 0.25) is 0 Å². The van der Waals surface area contributed by atoms with Crippen LogP contribution in [0, 0.1) is 0 Å². The summed E-state index contributed by atoms with van der Waals surface area (Å²) in [5.74, 6) is 1.47. The third-order valence-electron chi connectivity index (χ3n) is 2.88. The Morgan fingerprint density at radius 1 is 1.10 bits per heavy atom. The lowest BCUT2D eigenvalue weighted by Gasteiger charge is -2.20. The quantitative estimate of drug-likeness (QED) is 0.928. The number of benzene rings is 1. The lowest BCUT2D eigenvalue weighted by atomic mass is 10.1. The summed E-state index contributed by atoms with van der Waals surface area (Å²) < 4.78 is 5.33. The maximum absolute atomic E-state index is 5.33. The van der Waals surface area contributed by atoms with Crippen molar-refractivity contribution >= 4 is 0 Å². The topological polar surface area (TPSA) is 47.0 Å². The summed E-state index contributed by atoms with van der Waals surface area (Å²) >= 11 is 0.